The summed E-state index contributed by atoms with van der Waals surface area (Å²) >= 11 is 0. The summed E-state index contributed by atoms with van der Waals surface area (Å²) in [5.41, 5.74) is 2.35. The second-order valence-corrected chi connectivity index (χ2v) is 6.06. The van der Waals surface area contributed by atoms with Crippen molar-refractivity contribution >= 4 is 23.5 Å². The van der Waals surface area contributed by atoms with Gasteiger partial charge in [0.2, 0.25) is 0 Å². The van der Waals surface area contributed by atoms with E-state index in [1.165, 1.54) is 0 Å². The number of ether oxygens (including phenoxy) is 3. The van der Waals surface area contributed by atoms with Gasteiger partial charge in [-0.2, -0.15) is 0 Å². The predicted octanol–water partition coefficient (Wildman–Crippen LogP) is 4.47. The van der Waals surface area contributed by atoms with Crippen molar-refractivity contribution in [3.8, 4) is 17.2 Å². The molecule has 0 atom stereocenters. The lowest BCUT2D eigenvalue weighted by atomic mass is 10.2. The first-order valence-corrected chi connectivity index (χ1v) is 9.02. The summed E-state index contributed by atoms with van der Waals surface area (Å²) in [4.78, 5) is 16.5. The zero-order valence-corrected chi connectivity index (χ0v) is 16.3. The first kappa shape index (κ1) is 19.9. The van der Waals surface area contributed by atoms with E-state index in [0.717, 1.165) is 17.0 Å². The molecule has 1 amide bonds. The van der Waals surface area contributed by atoms with Crippen LogP contribution in [0.5, 0.6) is 17.2 Å². The molecule has 0 aliphatic carbocycles. The number of rotatable bonds is 8. The van der Waals surface area contributed by atoms with Crippen molar-refractivity contribution in [2.75, 3.05) is 26.1 Å². The third-order valence-electron chi connectivity index (χ3n) is 4.06. The quantitative estimate of drug-likeness (QED) is 0.576. The Bertz CT molecular complexity index is 967. The van der Waals surface area contributed by atoms with Crippen LogP contribution in [0.15, 0.2) is 77.8 Å². The molecule has 0 radical (unpaired) electrons. The van der Waals surface area contributed by atoms with Gasteiger partial charge in [-0.1, -0.05) is 12.1 Å². The highest BCUT2D eigenvalue weighted by Gasteiger charge is 2.04. The minimum atomic E-state index is -0.239. The smallest absolute Gasteiger partial charge is 0.262 e. The van der Waals surface area contributed by atoms with Gasteiger partial charge in [0, 0.05) is 11.9 Å². The third-order valence-corrected chi connectivity index (χ3v) is 4.06. The summed E-state index contributed by atoms with van der Waals surface area (Å²) < 4.78 is 15.9. The van der Waals surface area contributed by atoms with Crippen molar-refractivity contribution < 1.29 is 19.0 Å². The molecular weight excluding hydrogens is 368 g/mol. The molecule has 3 aromatic carbocycles. The van der Waals surface area contributed by atoms with Crippen LogP contribution < -0.4 is 19.5 Å². The molecule has 0 aliphatic heterocycles. The van der Waals surface area contributed by atoms with Gasteiger partial charge in [0.1, 0.15) is 22.9 Å². The Hall–Kier alpha value is -3.80. The fourth-order valence-corrected chi connectivity index (χ4v) is 2.55. The number of methoxy groups -OCH3 is 2. The number of nitrogens with zero attached hydrogens (tertiary/aromatic N) is 1. The summed E-state index contributed by atoms with van der Waals surface area (Å²) in [6, 6.07) is 22.0. The molecule has 148 valence electrons. The monoisotopic (exact) mass is 390 g/mol. The summed E-state index contributed by atoms with van der Waals surface area (Å²) in [6.07, 6.45) is 1.75. The van der Waals surface area contributed by atoms with Crippen molar-refractivity contribution in [2.45, 2.75) is 0 Å². The van der Waals surface area contributed by atoms with Gasteiger partial charge < -0.3 is 19.5 Å². The van der Waals surface area contributed by atoms with E-state index in [4.69, 9.17) is 14.2 Å². The predicted molar refractivity (Wildman–Crippen MR) is 114 cm³/mol. The van der Waals surface area contributed by atoms with Crippen molar-refractivity contribution in [1.29, 1.82) is 0 Å². The Morgan fingerprint density at radius 3 is 2.28 bits per heavy atom. The van der Waals surface area contributed by atoms with E-state index in [1.807, 2.05) is 36.4 Å². The molecule has 0 aliphatic rings. The SMILES string of the molecule is COc1ccc(NC(=O)COc2ccc(C=Nc3ccccc3OC)cc2)cc1. The number of para-hydroxylation sites is 2. The summed E-state index contributed by atoms with van der Waals surface area (Å²) in [6.45, 7) is -0.0827. The van der Waals surface area contributed by atoms with Crippen LogP contribution >= 0.6 is 0 Å². The average Bonchev–Trinajstić information content (AvgIpc) is 2.77. The van der Waals surface area contributed by atoms with Gasteiger partial charge in [-0.15, -0.1) is 0 Å². The largest absolute Gasteiger partial charge is 0.497 e. The standard InChI is InChI=1S/C23H22N2O4/c1-27-19-13-9-18(10-14-19)25-23(26)16-29-20-11-7-17(8-12-20)15-24-21-5-3-4-6-22(21)28-2/h3-15H,16H2,1-2H3,(H,25,26). The summed E-state index contributed by atoms with van der Waals surface area (Å²) in [5, 5.41) is 2.77. The number of amides is 1. The number of hydrogen-bond donors (Lipinski definition) is 1. The van der Waals surface area contributed by atoms with Crippen LogP contribution in [-0.4, -0.2) is 32.9 Å². The molecule has 0 bridgehead atoms. The van der Waals surface area contributed by atoms with Gasteiger partial charge in [-0.3, -0.25) is 9.79 Å². The van der Waals surface area contributed by atoms with E-state index in [1.54, 1.807) is 56.8 Å². The van der Waals surface area contributed by atoms with Crippen molar-refractivity contribution in [2.24, 2.45) is 4.99 Å². The highest BCUT2D eigenvalue weighted by molar-refractivity contribution is 5.92. The second kappa shape index (κ2) is 9.94. The van der Waals surface area contributed by atoms with E-state index in [0.29, 0.717) is 17.2 Å². The fraction of sp³-hybridized carbons (Fsp3) is 0.130. The van der Waals surface area contributed by atoms with Gasteiger partial charge in [0.05, 0.1) is 14.2 Å². The molecule has 0 heterocycles. The van der Waals surface area contributed by atoms with Crippen LogP contribution in [0, 0.1) is 0 Å². The Labute approximate surface area is 169 Å². The summed E-state index contributed by atoms with van der Waals surface area (Å²) in [7, 11) is 3.21. The van der Waals surface area contributed by atoms with E-state index in [2.05, 4.69) is 10.3 Å². The highest BCUT2D eigenvalue weighted by atomic mass is 16.5. The van der Waals surface area contributed by atoms with Crippen LogP contribution in [-0.2, 0) is 4.79 Å². The maximum absolute atomic E-state index is 12.0. The molecule has 3 rings (SSSR count). The molecule has 6 heteroatoms. The number of anilines is 1. The number of hydrogen-bond acceptors (Lipinski definition) is 5. The lowest BCUT2D eigenvalue weighted by Gasteiger charge is -2.08. The Morgan fingerprint density at radius 2 is 1.59 bits per heavy atom. The molecular formula is C23H22N2O4. The minimum Gasteiger partial charge on any atom is -0.497 e. The molecule has 0 saturated carbocycles. The van der Waals surface area contributed by atoms with Gasteiger partial charge in [-0.25, -0.2) is 0 Å². The number of carbonyl (C=O) groups is 1. The van der Waals surface area contributed by atoms with Gasteiger partial charge in [0.15, 0.2) is 6.61 Å². The Balaban J connectivity index is 1.52. The molecule has 0 fully saturated rings. The molecule has 29 heavy (non-hydrogen) atoms. The normalized spacial score (nSPS) is 10.6. The summed E-state index contributed by atoms with van der Waals surface area (Å²) in [5.74, 6) is 1.81. The lowest BCUT2D eigenvalue weighted by molar-refractivity contribution is -0.118. The van der Waals surface area contributed by atoms with Crippen molar-refractivity contribution in [3.05, 3.63) is 78.4 Å². The van der Waals surface area contributed by atoms with Crippen molar-refractivity contribution in [3.63, 3.8) is 0 Å². The van der Waals surface area contributed by atoms with Crippen LogP contribution in [0.4, 0.5) is 11.4 Å². The maximum Gasteiger partial charge on any atom is 0.262 e. The van der Waals surface area contributed by atoms with E-state index in [-0.39, 0.29) is 12.5 Å². The third kappa shape index (κ3) is 5.84. The lowest BCUT2D eigenvalue weighted by Crippen LogP contribution is -2.20. The van der Waals surface area contributed by atoms with Crippen LogP contribution in [0.1, 0.15) is 5.56 Å². The van der Waals surface area contributed by atoms with Gasteiger partial charge >= 0.3 is 0 Å². The van der Waals surface area contributed by atoms with Crippen molar-refractivity contribution in [1.82, 2.24) is 0 Å². The van der Waals surface area contributed by atoms with E-state index >= 15 is 0 Å². The molecule has 1 N–H and O–H groups in total. The average molecular weight is 390 g/mol. The number of carbonyl (C=O) groups excluding carboxylic acids is 1. The zero-order chi connectivity index (χ0) is 20.5. The highest BCUT2D eigenvalue weighted by Crippen LogP contribution is 2.26. The fourth-order valence-electron chi connectivity index (χ4n) is 2.55. The number of nitrogens with one attached hydrogen (secondary N) is 1. The molecule has 0 spiro atoms. The van der Waals surface area contributed by atoms with Gasteiger partial charge in [-0.05, 0) is 66.2 Å². The Kier molecular flexibility index (Phi) is 6.84. The van der Waals surface area contributed by atoms with Crippen LogP contribution in [0.2, 0.25) is 0 Å². The first-order chi connectivity index (χ1) is 14.2. The van der Waals surface area contributed by atoms with Crippen LogP contribution in [0.25, 0.3) is 0 Å². The molecule has 3 aromatic rings. The minimum absolute atomic E-state index is 0.0827. The van der Waals surface area contributed by atoms with Crippen LogP contribution in [0.3, 0.4) is 0 Å². The topological polar surface area (TPSA) is 69.2 Å². The number of benzene rings is 3. The molecule has 0 aromatic heterocycles. The van der Waals surface area contributed by atoms with E-state index in [9.17, 15) is 4.79 Å². The zero-order valence-electron chi connectivity index (χ0n) is 16.3. The number of aliphatic imine (C=N–C) groups is 1. The van der Waals surface area contributed by atoms with Gasteiger partial charge in [0.25, 0.3) is 5.91 Å². The second-order valence-electron chi connectivity index (χ2n) is 6.06. The first-order valence-electron chi connectivity index (χ1n) is 9.02. The maximum atomic E-state index is 12.0. The molecule has 0 unspecified atom stereocenters. The Morgan fingerprint density at radius 1 is 0.897 bits per heavy atom. The molecule has 6 nitrogen and oxygen atoms in total. The van der Waals surface area contributed by atoms with E-state index < -0.39 is 0 Å². The molecule has 0 saturated heterocycles.